The molecule has 0 amide bonds. The van der Waals surface area contributed by atoms with Crippen LogP contribution in [0.15, 0.2) is 66.7 Å². The van der Waals surface area contributed by atoms with Gasteiger partial charge in [-0.15, -0.1) is 0 Å². The molecule has 1 saturated heterocycles. The second-order valence-electron chi connectivity index (χ2n) is 8.43. The number of hydrogen-bond donors (Lipinski definition) is 1. The highest BCUT2D eigenvalue weighted by Crippen LogP contribution is 2.36. The van der Waals surface area contributed by atoms with Gasteiger partial charge in [-0.1, -0.05) is 53.5 Å². The molecule has 1 fully saturated rings. The minimum absolute atomic E-state index is 0.00259. The SMILES string of the molecule is COc1ccc(C(=O)O)cc1CN1CCC[C@H](OCc2cc(Cl)cc(Cl)c2)[C@@H]1c1ccccc1. The van der Waals surface area contributed by atoms with Crippen LogP contribution in [0.1, 0.15) is 45.9 Å². The Morgan fingerprint density at radius 1 is 1.06 bits per heavy atom. The number of likely N-dealkylation sites (tertiary alicyclic amines) is 1. The molecule has 1 N–H and O–H groups in total. The third-order valence-electron chi connectivity index (χ3n) is 6.11. The van der Waals surface area contributed by atoms with Crippen molar-refractivity contribution in [1.82, 2.24) is 4.90 Å². The van der Waals surface area contributed by atoms with Gasteiger partial charge in [-0.05, 0) is 66.9 Å². The number of carbonyl (C=O) groups is 1. The van der Waals surface area contributed by atoms with Gasteiger partial charge in [0.15, 0.2) is 0 Å². The van der Waals surface area contributed by atoms with Crippen molar-refractivity contribution in [3.8, 4) is 5.75 Å². The Balaban J connectivity index is 1.61. The first-order valence-electron chi connectivity index (χ1n) is 11.2. The standard InChI is InChI=1S/C27H27Cl2NO4/c1-33-24-10-9-20(27(31)32)14-21(24)16-30-11-5-8-25(26(30)19-6-3-2-4-7-19)34-17-18-12-22(28)15-23(29)13-18/h2-4,6-7,9-10,12-15,25-26H,5,8,11,16-17H2,1H3,(H,31,32)/t25-,26-/m0/s1. The summed E-state index contributed by atoms with van der Waals surface area (Å²) in [6.45, 7) is 1.81. The normalized spacial score (nSPS) is 18.6. The molecule has 0 radical (unpaired) electrons. The van der Waals surface area contributed by atoms with Crippen molar-refractivity contribution >= 4 is 29.2 Å². The van der Waals surface area contributed by atoms with E-state index in [0.717, 1.165) is 36.1 Å². The van der Waals surface area contributed by atoms with Crippen molar-refractivity contribution in [2.24, 2.45) is 0 Å². The first-order valence-corrected chi connectivity index (χ1v) is 12.0. The van der Waals surface area contributed by atoms with E-state index in [9.17, 15) is 9.90 Å². The van der Waals surface area contributed by atoms with Crippen LogP contribution in [0.3, 0.4) is 0 Å². The van der Waals surface area contributed by atoms with Gasteiger partial charge in [-0.2, -0.15) is 0 Å². The van der Waals surface area contributed by atoms with Crippen molar-refractivity contribution in [3.63, 3.8) is 0 Å². The fourth-order valence-electron chi connectivity index (χ4n) is 4.61. The van der Waals surface area contributed by atoms with Gasteiger partial charge in [0.25, 0.3) is 0 Å². The predicted molar refractivity (Wildman–Crippen MR) is 134 cm³/mol. The van der Waals surface area contributed by atoms with Crippen LogP contribution in [0, 0.1) is 0 Å². The van der Waals surface area contributed by atoms with Crippen LogP contribution in [0.2, 0.25) is 10.0 Å². The van der Waals surface area contributed by atoms with E-state index in [1.165, 1.54) is 0 Å². The van der Waals surface area contributed by atoms with Crippen LogP contribution in [-0.2, 0) is 17.9 Å². The van der Waals surface area contributed by atoms with E-state index >= 15 is 0 Å². The smallest absolute Gasteiger partial charge is 0.335 e. The molecule has 3 aromatic carbocycles. The first-order chi connectivity index (χ1) is 16.4. The zero-order valence-corrected chi connectivity index (χ0v) is 20.4. The summed E-state index contributed by atoms with van der Waals surface area (Å²) < 4.78 is 12.0. The number of rotatable bonds is 8. The van der Waals surface area contributed by atoms with Crippen molar-refractivity contribution in [1.29, 1.82) is 0 Å². The van der Waals surface area contributed by atoms with E-state index in [1.54, 1.807) is 31.4 Å². The molecule has 2 atom stereocenters. The molecule has 5 nitrogen and oxygen atoms in total. The van der Waals surface area contributed by atoms with Gasteiger partial charge in [-0.3, -0.25) is 4.90 Å². The van der Waals surface area contributed by atoms with Crippen molar-refractivity contribution in [2.45, 2.75) is 38.1 Å². The summed E-state index contributed by atoms with van der Waals surface area (Å²) in [4.78, 5) is 13.9. The lowest BCUT2D eigenvalue weighted by atomic mass is 9.91. The van der Waals surface area contributed by atoms with E-state index in [-0.39, 0.29) is 17.7 Å². The second-order valence-corrected chi connectivity index (χ2v) is 9.30. The van der Waals surface area contributed by atoms with Crippen LogP contribution >= 0.6 is 23.2 Å². The zero-order chi connectivity index (χ0) is 24.1. The monoisotopic (exact) mass is 499 g/mol. The fourth-order valence-corrected chi connectivity index (χ4v) is 5.18. The summed E-state index contributed by atoms with van der Waals surface area (Å²) in [7, 11) is 1.60. The lowest BCUT2D eigenvalue weighted by molar-refractivity contribution is -0.0554. The largest absolute Gasteiger partial charge is 0.496 e. The van der Waals surface area contributed by atoms with E-state index in [4.69, 9.17) is 32.7 Å². The number of halogens is 2. The molecular formula is C27H27Cl2NO4. The Morgan fingerprint density at radius 2 is 1.79 bits per heavy atom. The number of methoxy groups -OCH3 is 1. The highest BCUT2D eigenvalue weighted by Gasteiger charge is 2.34. The van der Waals surface area contributed by atoms with Gasteiger partial charge in [-0.25, -0.2) is 4.79 Å². The van der Waals surface area contributed by atoms with Crippen molar-refractivity contribution < 1.29 is 19.4 Å². The van der Waals surface area contributed by atoms with Crippen LogP contribution in [0.4, 0.5) is 0 Å². The Kier molecular flexibility index (Phi) is 8.11. The summed E-state index contributed by atoms with van der Waals surface area (Å²) >= 11 is 12.3. The number of carboxylic acid groups (broad SMARTS) is 1. The van der Waals surface area contributed by atoms with E-state index in [1.807, 2.05) is 30.3 Å². The van der Waals surface area contributed by atoms with Gasteiger partial charge < -0.3 is 14.6 Å². The number of nitrogens with zero attached hydrogens (tertiary/aromatic N) is 1. The van der Waals surface area contributed by atoms with Crippen molar-refractivity contribution in [2.75, 3.05) is 13.7 Å². The van der Waals surface area contributed by atoms with E-state index < -0.39 is 5.97 Å². The molecule has 7 heteroatoms. The van der Waals surface area contributed by atoms with Crippen molar-refractivity contribution in [3.05, 3.63) is 99.0 Å². The predicted octanol–water partition coefficient (Wildman–Crippen LogP) is 6.62. The topological polar surface area (TPSA) is 59.0 Å². The molecule has 4 rings (SSSR count). The molecular weight excluding hydrogens is 473 g/mol. The summed E-state index contributed by atoms with van der Waals surface area (Å²) in [5.41, 5.74) is 3.17. The number of carboxylic acids is 1. The molecule has 1 heterocycles. The zero-order valence-electron chi connectivity index (χ0n) is 18.9. The molecule has 1 aliphatic heterocycles. The Labute approximate surface area is 209 Å². The van der Waals surface area contributed by atoms with Crippen LogP contribution < -0.4 is 4.74 Å². The molecule has 0 bridgehead atoms. The molecule has 0 saturated carbocycles. The first kappa shape index (κ1) is 24.6. The quantitative estimate of drug-likeness (QED) is 0.377. The lowest BCUT2D eigenvalue weighted by Crippen LogP contribution is -2.42. The molecule has 3 aromatic rings. The second kappa shape index (κ2) is 11.2. The maximum absolute atomic E-state index is 11.6. The highest BCUT2D eigenvalue weighted by atomic mass is 35.5. The molecule has 1 aliphatic rings. The van der Waals surface area contributed by atoms with Crippen LogP contribution in [-0.4, -0.2) is 35.7 Å². The Morgan fingerprint density at radius 3 is 2.47 bits per heavy atom. The third-order valence-corrected chi connectivity index (χ3v) is 6.54. The summed E-state index contributed by atoms with van der Waals surface area (Å²) in [6, 6.07) is 20.7. The highest BCUT2D eigenvalue weighted by molar-refractivity contribution is 6.34. The van der Waals surface area contributed by atoms with Gasteiger partial charge in [0.1, 0.15) is 5.75 Å². The van der Waals surface area contributed by atoms with Crippen LogP contribution in [0.5, 0.6) is 5.75 Å². The number of piperidine rings is 1. The third kappa shape index (κ3) is 5.91. The maximum atomic E-state index is 11.6. The fraction of sp³-hybridized carbons (Fsp3) is 0.296. The number of aromatic carboxylic acids is 1. The summed E-state index contributed by atoms with van der Waals surface area (Å²) in [5, 5.41) is 10.6. The summed E-state index contributed by atoms with van der Waals surface area (Å²) in [5.74, 6) is -0.281. The Hall–Kier alpha value is -2.57. The van der Waals surface area contributed by atoms with Gasteiger partial charge in [0.05, 0.1) is 31.4 Å². The van der Waals surface area contributed by atoms with Gasteiger partial charge in [0, 0.05) is 22.2 Å². The molecule has 178 valence electrons. The molecule has 0 aliphatic carbocycles. The minimum atomic E-state index is -0.955. The molecule has 0 aromatic heterocycles. The molecule has 0 spiro atoms. The number of hydrogen-bond acceptors (Lipinski definition) is 4. The average molecular weight is 500 g/mol. The lowest BCUT2D eigenvalue weighted by Gasteiger charge is -2.41. The molecule has 34 heavy (non-hydrogen) atoms. The van der Waals surface area contributed by atoms with Gasteiger partial charge >= 0.3 is 5.97 Å². The minimum Gasteiger partial charge on any atom is -0.496 e. The summed E-state index contributed by atoms with van der Waals surface area (Å²) in [6.07, 6.45) is 1.82. The van der Waals surface area contributed by atoms with E-state index in [0.29, 0.717) is 28.9 Å². The molecule has 0 unspecified atom stereocenters. The number of benzene rings is 3. The van der Waals surface area contributed by atoms with Gasteiger partial charge in [0.2, 0.25) is 0 Å². The van der Waals surface area contributed by atoms with Crippen LogP contribution in [0.25, 0.3) is 0 Å². The maximum Gasteiger partial charge on any atom is 0.335 e. The number of ether oxygens (including phenoxy) is 2. The average Bonchev–Trinajstić information content (AvgIpc) is 2.82. The van der Waals surface area contributed by atoms with E-state index in [2.05, 4.69) is 17.0 Å². The Bertz CT molecular complexity index is 1120.